The molecule has 4 heteroatoms. The number of carbonyl (C=O) groups excluding carboxylic acids is 1. The van der Waals surface area contributed by atoms with Gasteiger partial charge in [-0.25, -0.2) is 0 Å². The molecule has 1 fully saturated rings. The zero-order chi connectivity index (χ0) is 13.8. The van der Waals surface area contributed by atoms with Crippen LogP contribution in [0.25, 0.3) is 0 Å². The van der Waals surface area contributed by atoms with Gasteiger partial charge in [-0.05, 0) is 24.3 Å². The van der Waals surface area contributed by atoms with Crippen LogP contribution in [0.3, 0.4) is 0 Å². The average molecular weight is 269 g/mol. The van der Waals surface area contributed by atoms with Crippen molar-refractivity contribution >= 4 is 11.6 Å². The topological polar surface area (TPSA) is 50.9 Å². The summed E-state index contributed by atoms with van der Waals surface area (Å²) in [6.45, 7) is 1.32. The summed E-state index contributed by atoms with van der Waals surface area (Å²) >= 11 is 0. The van der Waals surface area contributed by atoms with E-state index in [0.29, 0.717) is 17.9 Å². The number of amides is 1. The van der Waals surface area contributed by atoms with E-state index in [1.54, 1.807) is 12.1 Å². The van der Waals surface area contributed by atoms with Crippen LogP contribution in [0.5, 0.6) is 5.75 Å². The van der Waals surface area contributed by atoms with Gasteiger partial charge in [0, 0.05) is 17.3 Å². The van der Waals surface area contributed by atoms with Crippen molar-refractivity contribution in [2.75, 3.05) is 18.5 Å². The van der Waals surface area contributed by atoms with Crippen molar-refractivity contribution in [3.8, 4) is 5.75 Å². The van der Waals surface area contributed by atoms with Gasteiger partial charge in [0.15, 0.2) is 0 Å². The first-order valence-corrected chi connectivity index (χ1v) is 6.52. The number of carbonyl (C=O) groups is 1. The summed E-state index contributed by atoms with van der Waals surface area (Å²) in [7, 11) is 0. The number of hydrogen-bond acceptors (Lipinski definition) is 3. The lowest BCUT2D eigenvalue weighted by molar-refractivity contribution is 0.102. The molecule has 102 valence electrons. The summed E-state index contributed by atoms with van der Waals surface area (Å²) < 4.78 is 10.7. The highest BCUT2D eigenvalue weighted by Crippen LogP contribution is 2.20. The highest BCUT2D eigenvalue weighted by atomic mass is 16.6. The molecule has 4 nitrogen and oxygen atoms in total. The molecule has 3 rings (SSSR count). The normalized spacial score (nSPS) is 16.5. The number of ether oxygens (including phenoxy) is 2. The monoisotopic (exact) mass is 269 g/mol. The van der Waals surface area contributed by atoms with E-state index in [4.69, 9.17) is 9.47 Å². The minimum atomic E-state index is -0.131. The highest BCUT2D eigenvalue weighted by molar-refractivity contribution is 6.04. The van der Waals surface area contributed by atoms with Gasteiger partial charge in [0.05, 0.1) is 6.61 Å². The van der Waals surface area contributed by atoms with Crippen molar-refractivity contribution in [1.29, 1.82) is 0 Å². The Morgan fingerprint density at radius 3 is 2.75 bits per heavy atom. The molecule has 1 N–H and O–H groups in total. The molecule has 1 unspecified atom stereocenters. The summed E-state index contributed by atoms with van der Waals surface area (Å²) in [5.74, 6) is 0.597. The van der Waals surface area contributed by atoms with Crippen molar-refractivity contribution in [2.24, 2.45) is 0 Å². The predicted octanol–water partition coefficient (Wildman–Crippen LogP) is 2.72. The first-order valence-electron chi connectivity index (χ1n) is 6.52. The molecule has 1 atom stereocenters. The molecule has 0 aliphatic carbocycles. The first-order chi connectivity index (χ1) is 9.81. The van der Waals surface area contributed by atoms with Gasteiger partial charge in [-0.1, -0.05) is 24.3 Å². The Morgan fingerprint density at radius 1 is 1.20 bits per heavy atom. The third-order valence-electron chi connectivity index (χ3n) is 2.97. The van der Waals surface area contributed by atoms with Crippen LogP contribution in [0.2, 0.25) is 0 Å². The van der Waals surface area contributed by atoms with Crippen LogP contribution in [-0.2, 0) is 4.74 Å². The van der Waals surface area contributed by atoms with Crippen molar-refractivity contribution < 1.29 is 14.3 Å². The third-order valence-corrected chi connectivity index (χ3v) is 2.97. The molecule has 0 saturated carbocycles. The van der Waals surface area contributed by atoms with E-state index in [1.165, 1.54) is 0 Å². The second-order valence-corrected chi connectivity index (χ2v) is 4.61. The van der Waals surface area contributed by atoms with Crippen molar-refractivity contribution in [3.63, 3.8) is 0 Å². The molecule has 1 aliphatic heterocycles. The molecule has 2 aromatic rings. The van der Waals surface area contributed by atoms with Crippen LogP contribution in [0, 0.1) is 0 Å². The molecule has 0 spiro atoms. The lowest BCUT2D eigenvalue weighted by Gasteiger charge is -2.08. The van der Waals surface area contributed by atoms with Gasteiger partial charge < -0.3 is 14.8 Å². The van der Waals surface area contributed by atoms with E-state index < -0.39 is 0 Å². The molecule has 0 radical (unpaired) electrons. The molecule has 1 aliphatic rings. The SMILES string of the molecule is O=C(Nc1cccc(OCC2CO2)c1)c1ccccc1. The fourth-order valence-corrected chi connectivity index (χ4v) is 1.81. The van der Waals surface area contributed by atoms with E-state index in [1.807, 2.05) is 42.5 Å². The van der Waals surface area contributed by atoms with Gasteiger partial charge >= 0.3 is 0 Å². The summed E-state index contributed by atoms with van der Waals surface area (Å²) in [6.07, 6.45) is 0.220. The van der Waals surface area contributed by atoms with Crippen LogP contribution in [-0.4, -0.2) is 25.2 Å². The van der Waals surface area contributed by atoms with Gasteiger partial charge in [-0.3, -0.25) is 4.79 Å². The quantitative estimate of drug-likeness (QED) is 0.849. The van der Waals surface area contributed by atoms with E-state index in [2.05, 4.69) is 5.32 Å². The van der Waals surface area contributed by atoms with Crippen LogP contribution >= 0.6 is 0 Å². The Morgan fingerprint density at radius 2 is 2.00 bits per heavy atom. The molecule has 2 aromatic carbocycles. The van der Waals surface area contributed by atoms with Gasteiger partial charge in [0.25, 0.3) is 5.91 Å². The standard InChI is InChI=1S/C16H15NO3/c18-16(12-5-2-1-3-6-12)17-13-7-4-8-14(9-13)19-10-15-11-20-15/h1-9,15H,10-11H2,(H,17,18). The second-order valence-electron chi connectivity index (χ2n) is 4.61. The summed E-state index contributed by atoms with van der Waals surface area (Å²) in [4.78, 5) is 12.0. The number of hydrogen-bond donors (Lipinski definition) is 1. The van der Waals surface area contributed by atoms with Crippen LogP contribution in [0.1, 0.15) is 10.4 Å². The Hall–Kier alpha value is -2.33. The molecular formula is C16H15NO3. The molecule has 1 saturated heterocycles. The van der Waals surface area contributed by atoms with Crippen molar-refractivity contribution in [1.82, 2.24) is 0 Å². The van der Waals surface area contributed by atoms with Crippen LogP contribution < -0.4 is 10.1 Å². The zero-order valence-corrected chi connectivity index (χ0v) is 10.9. The zero-order valence-electron chi connectivity index (χ0n) is 10.9. The molecule has 1 heterocycles. The first kappa shape index (κ1) is 12.7. The van der Waals surface area contributed by atoms with E-state index >= 15 is 0 Å². The molecule has 0 bridgehead atoms. The molecular weight excluding hydrogens is 254 g/mol. The molecule has 0 aromatic heterocycles. The minimum absolute atomic E-state index is 0.131. The lowest BCUT2D eigenvalue weighted by Crippen LogP contribution is -2.11. The number of anilines is 1. The number of benzene rings is 2. The predicted molar refractivity (Wildman–Crippen MR) is 76.1 cm³/mol. The smallest absolute Gasteiger partial charge is 0.255 e. The molecule has 20 heavy (non-hydrogen) atoms. The summed E-state index contributed by atoms with van der Waals surface area (Å²) in [6, 6.07) is 16.5. The second kappa shape index (κ2) is 5.75. The highest BCUT2D eigenvalue weighted by Gasteiger charge is 2.23. The Kier molecular flexibility index (Phi) is 3.65. The number of nitrogens with one attached hydrogen (secondary N) is 1. The van der Waals surface area contributed by atoms with E-state index in [0.717, 1.165) is 12.4 Å². The van der Waals surface area contributed by atoms with Gasteiger partial charge in [0.1, 0.15) is 18.5 Å². The van der Waals surface area contributed by atoms with E-state index in [-0.39, 0.29) is 12.0 Å². The fraction of sp³-hybridized carbons (Fsp3) is 0.188. The van der Waals surface area contributed by atoms with E-state index in [9.17, 15) is 4.79 Å². The average Bonchev–Trinajstić information content (AvgIpc) is 3.31. The Balaban J connectivity index is 1.64. The number of epoxide rings is 1. The minimum Gasteiger partial charge on any atom is -0.491 e. The number of rotatable bonds is 5. The van der Waals surface area contributed by atoms with Crippen molar-refractivity contribution in [2.45, 2.75) is 6.10 Å². The maximum absolute atomic E-state index is 12.0. The molecule has 1 amide bonds. The Bertz CT molecular complexity index is 594. The fourth-order valence-electron chi connectivity index (χ4n) is 1.81. The van der Waals surface area contributed by atoms with Crippen molar-refractivity contribution in [3.05, 3.63) is 60.2 Å². The maximum Gasteiger partial charge on any atom is 0.255 e. The van der Waals surface area contributed by atoms with Gasteiger partial charge in [0.2, 0.25) is 0 Å². The Labute approximate surface area is 117 Å². The third kappa shape index (κ3) is 3.36. The maximum atomic E-state index is 12.0. The van der Waals surface area contributed by atoms with Crippen LogP contribution in [0.15, 0.2) is 54.6 Å². The summed E-state index contributed by atoms with van der Waals surface area (Å²) in [5.41, 5.74) is 1.35. The van der Waals surface area contributed by atoms with Gasteiger partial charge in [-0.2, -0.15) is 0 Å². The van der Waals surface area contributed by atoms with Gasteiger partial charge in [-0.15, -0.1) is 0 Å². The lowest BCUT2D eigenvalue weighted by atomic mass is 10.2. The largest absolute Gasteiger partial charge is 0.491 e. The van der Waals surface area contributed by atoms with Crippen LogP contribution in [0.4, 0.5) is 5.69 Å². The summed E-state index contributed by atoms with van der Waals surface area (Å²) in [5, 5.41) is 2.85.